The van der Waals surface area contributed by atoms with Crippen molar-refractivity contribution in [2.75, 3.05) is 6.54 Å². The second-order valence-corrected chi connectivity index (χ2v) is 4.22. The zero-order valence-electron chi connectivity index (χ0n) is 9.43. The van der Waals surface area contributed by atoms with Gasteiger partial charge in [0.25, 0.3) is 0 Å². The number of aldehydes is 1. The highest BCUT2D eigenvalue weighted by Gasteiger charge is 2.27. The highest BCUT2D eigenvalue weighted by molar-refractivity contribution is 5.81. The molecule has 1 aliphatic rings. The fraction of sp³-hybridized carbons (Fsp3) is 0.385. The lowest BCUT2D eigenvalue weighted by molar-refractivity contribution is -0.132. The molecule has 1 atom stereocenters. The Balaban J connectivity index is 2.07. The summed E-state index contributed by atoms with van der Waals surface area (Å²) >= 11 is 0. The maximum absolute atomic E-state index is 12.7. The first-order valence-electron chi connectivity index (χ1n) is 5.70. The molecule has 4 heteroatoms. The van der Waals surface area contributed by atoms with Gasteiger partial charge in [0.2, 0.25) is 5.91 Å². The Bertz CT molecular complexity index is 416. The zero-order chi connectivity index (χ0) is 12.3. The van der Waals surface area contributed by atoms with Crippen LogP contribution in [0.15, 0.2) is 24.3 Å². The molecule has 1 aromatic rings. The van der Waals surface area contributed by atoms with Crippen molar-refractivity contribution >= 4 is 12.2 Å². The average molecular weight is 235 g/mol. The van der Waals surface area contributed by atoms with Crippen molar-refractivity contribution in [3.8, 4) is 0 Å². The Kier molecular flexibility index (Phi) is 3.52. The molecule has 0 aliphatic carbocycles. The number of rotatable bonds is 4. The summed E-state index contributed by atoms with van der Waals surface area (Å²) in [5.41, 5.74) is 0.864. The second-order valence-electron chi connectivity index (χ2n) is 4.22. The van der Waals surface area contributed by atoms with E-state index in [4.69, 9.17) is 0 Å². The van der Waals surface area contributed by atoms with E-state index in [1.165, 1.54) is 12.1 Å². The molecular formula is C13H14FNO2. The van der Waals surface area contributed by atoms with Gasteiger partial charge in [0.05, 0.1) is 6.04 Å². The third-order valence-electron chi connectivity index (χ3n) is 3.03. The van der Waals surface area contributed by atoms with Gasteiger partial charge in [-0.1, -0.05) is 12.1 Å². The first-order valence-corrected chi connectivity index (χ1v) is 5.70. The molecule has 1 heterocycles. The fourth-order valence-electron chi connectivity index (χ4n) is 2.11. The summed E-state index contributed by atoms with van der Waals surface area (Å²) < 4.78 is 12.7. The van der Waals surface area contributed by atoms with E-state index in [2.05, 4.69) is 0 Å². The van der Waals surface area contributed by atoms with Crippen LogP contribution in [0.25, 0.3) is 0 Å². The minimum atomic E-state index is -0.421. The topological polar surface area (TPSA) is 37.4 Å². The molecule has 0 radical (unpaired) electrons. The molecule has 1 unspecified atom stereocenters. The van der Waals surface area contributed by atoms with Crippen molar-refractivity contribution in [2.24, 2.45) is 0 Å². The van der Waals surface area contributed by atoms with Crippen molar-refractivity contribution in [3.05, 3.63) is 35.6 Å². The van der Waals surface area contributed by atoms with Crippen LogP contribution in [0.1, 0.15) is 18.4 Å². The van der Waals surface area contributed by atoms with E-state index < -0.39 is 6.04 Å². The molecule has 1 aliphatic heterocycles. The third-order valence-corrected chi connectivity index (χ3v) is 3.03. The van der Waals surface area contributed by atoms with E-state index in [0.717, 1.165) is 18.3 Å². The van der Waals surface area contributed by atoms with Gasteiger partial charge in [0.1, 0.15) is 12.1 Å². The number of carbonyl (C=O) groups excluding carboxylic acids is 2. The van der Waals surface area contributed by atoms with Crippen molar-refractivity contribution in [3.63, 3.8) is 0 Å². The zero-order valence-corrected chi connectivity index (χ0v) is 9.43. The number of nitrogens with zero attached hydrogens (tertiary/aromatic N) is 1. The molecule has 1 fully saturated rings. The van der Waals surface area contributed by atoms with E-state index in [1.54, 1.807) is 17.0 Å². The molecule has 0 saturated carbocycles. The molecular weight excluding hydrogens is 221 g/mol. The summed E-state index contributed by atoms with van der Waals surface area (Å²) in [4.78, 5) is 24.2. The van der Waals surface area contributed by atoms with Gasteiger partial charge < -0.3 is 9.69 Å². The van der Waals surface area contributed by atoms with Crippen LogP contribution < -0.4 is 0 Å². The number of hydrogen-bond donors (Lipinski definition) is 0. The number of benzene rings is 1. The lowest BCUT2D eigenvalue weighted by Gasteiger charge is -2.22. The molecule has 90 valence electrons. The molecule has 0 N–H and O–H groups in total. The normalized spacial score (nSPS) is 17.2. The quantitative estimate of drug-likeness (QED) is 0.743. The van der Waals surface area contributed by atoms with Crippen LogP contribution in [0.2, 0.25) is 0 Å². The van der Waals surface area contributed by atoms with Crippen LogP contribution in [0.3, 0.4) is 0 Å². The predicted molar refractivity (Wildman–Crippen MR) is 60.9 cm³/mol. The Morgan fingerprint density at radius 2 is 2.06 bits per heavy atom. The van der Waals surface area contributed by atoms with E-state index in [-0.39, 0.29) is 11.7 Å². The third kappa shape index (κ3) is 2.70. The van der Waals surface area contributed by atoms with Crippen LogP contribution in [-0.2, 0) is 16.0 Å². The first kappa shape index (κ1) is 11.8. The van der Waals surface area contributed by atoms with E-state index in [1.807, 2.05) is 0 Å². The predicted octanol–water partition coefficient (Wildman–Crippen LogP) is 1.56. The molecule has 3 nitrogen and oxygen atoms in total. The van der Waals surface area contributed by atoms with Gasteiger partial charge in [0.15, 0.2) is 0 Å². The van der Waals surface area contributed by atoms with Gasteiger partial charge in [-0.2, -0.15) is 0 Å². The van der Waals surface area contributed by atoms with Gasteiger partial charge in [-0.05, 0) is 30.5 Å². The Labute approximate surface area is 99.2 Å². The maximum Gasteiger partial charge on any atom is 0.223 e. The lowest BCUT2D eigenvalue weighted by Crippen LogP contribution is -2.38. The molecule has 0 bridgehead atoms. The highest BCUT2D eigenvalue weighted by Crippen LogP contribution is 2.16. The van der Waals surface area contributed by atoms with Crippen LogP contribution in [0.4, 0.5) is 4.39 Å². The molecule has 17 heavy (non-hydrogen) atoms. The highest BCUT2D eigenvalue weighted by atomic mass is 19.1. The summed E-state index contributed by atoms with van der Waals surface area (Å²) in [7, 11) is 0. The summed E-state index contributed by atoms with van der Waals surface area (Å²) in [6.45, 7) is 0.642. The Morgan fingerprint density at radius 1 is 1.35 bits per heavy atom. The summed E-state index contributed by atoms with van der Waals surface area (Å²) in [5.74, 6) is -0.266. The molecule has 0 spiro atoms. The number of halogens is 1. The number of hydrogen-bond acceptors (Lipinski definition) is 2. The average Bonchev–Trinajstić information content (AvgIpc) is 2.75. The Morgan fingerprint density at radius 3 is 2.59 bits per heavy atom. The lowest BCUT2D eigenvalue weighted by atomic mass is 10.1. The van der Waals surface area contributed by atoms with Gasteiger partial charge in [-0.15, -0.1) is 0 Å². The Hall–Kier alpha value is -1.71. The van der Waals surface area contributed by atoms with Crippen LogP contribution in [-0.4, -0.2) is 29.7 Å². The van der Waals surface area contributed by atoms with Gasteiger partial charge in [-0.25, -0.2) is 4.39 Å². The maximum atomic E-state index is 12.7. The number of likely N-dealkylation sites (tertiary alicyclic amines) is 1. The minimum Gasteiger partial charge on any atom is -0.333 e. The summed E-state index contributed by atoms with van der Waals surface area (Å²) in [6.07, 6.45) is 2.59. The van der Waals surface area contributed by atoms with Crippen LogP contribution in [0, 0.1) is 5.82 Å². The fourth-order valence-corrected chi connectivity index (χ4v) is 2.11. The molecule has 2 rings (SSSR count). The number of amides is 1. The standard InChI is InChI=1S/C13H14FNO2/c14-11-5-3-10(4-6-11)8-12(9-16)15-7-1-2-13(15)17/h3-6,9,12H,1-2,7-8H2. The molecule has 1 saturated heterocycles. The first-order chi connectivity index (χ1) is 8.20. The van der Waals surface area contributed by atoms with Gasteiger partial charge >= 0.3 is 0 Å². The van der Waals surface area contributed by atoms with Crippen molar-refractivity contribution < 1.29 is 14.0 Å². The van der Waals surface area contributed by atoms with Gasteiger partial charge in [0, 0.05) is 13.0 Å². The van der Waals surface area contributed by atoms with Gasteiger partial charge in [-0.3, -0.25) is 4.79 Å². The van der Waals surface area contributed by atoms with Crippen molar-refractivity contribution in [1.82, 2.24) is 4.90 Å². The monoisotopic (exact) mass is 235 g/mol. The van der Waals surface area contributed by atoms with Crippen LogP contribution >= 0.6 is 0 Å². The summed E-state index contributed by atoms with van der Waals surface area (Å²) in [6, 6.07) is 5.60. The van der Waals surface area contributed by atoms with Crippen molar-refractivity contribution in [1.29, 1.82) is 0 Å². The minimum absolute atomic E-state index is 0.0317. The molecule has 1 amide bonds. The van der Waals surface area contributed by atoms with E-state index in [0.29, 0.717) is 19.4 Å². The van der Waals surface area contributed by atoms with Crippen molar-refractivity contribution in [2.45, 2.75) is 25.3 Å². The second kappa shape index (κ2) is 5.08. The SMILES string of the molecule is O=CC(Cc1ccc(F)cc1)N1CCCC1=O. The number of carbonyl (C=O) groups is 2. The van der Waals surface area contributed by atoms with E-state index in [9.17, 15) is 14.0 Å². The largest absolute Gasteiger partial charge is 0.333 e. The molecule has 1 aromatic carbocycles. The summed E-state index contributed by atoms with van der Waals surface area (Å²) in [5, 5.41) is 0. The molecule has 0 aromatic heterocycles. The van der Waals surface area contributed by atoms with E-state index >= 15 is 0 Å². The van der Waals surface area contributed by atoms with Crippen LogP contribution in [0.5, 0.6) is 0 Å². The smallest absolute Gasteiger partial charge is 0.223 e.